The van der Waals surface area contributed by atoms with E-state index >= 15 is 0 Å². The van der Waals surface area contributed by atoms with E-state index < -0.39 is 0 Å². The predicted molar refractivity (Wildman–Crippen MR) is 70.6 cm³/mol. The van der Waals surface area contributed by atoms with Crippen LogP contribution < -0.4 is 5.73 Å². The average molecular weight is 227 g/mol. The van der Waals surface area contributed by atoms with Crippen LogP contribution in [0.15, 0.2) is 0 Å². The molecule has 2 atom stereocenters. The van der Waals surface area contributed by atoms with E-state index in [0.717, 1.165) is 26.2 Å². The molecule has 3 nitrogen and oxygen atoms in total. The van der Waals surface area contributed by atoms with Crippen LogP contribution in [0.2, 0.25) is 0 Å². The van der Waals surface area contributed by atoms with Gasteiger partial charge in [-0.15, -0.1) is 0 Å². The second-order valence-electron chi connectivity index (χ2n) is 6.09. The van der Waals surface area contributed by atoms with Gasteiger partial charge < -0.3 is 5.73 Å². The van der Waals surface area contributed by atoms with E-state index in [-0.39, 0.29) is 5.41 Å². The van der Waals surface area contributed by atoms with Gasteiger partial charge in [0.2, 0.25) is 0 Å². The molecule has 0 amide bonds. The quantitative estimate of drug-likeness (QED) is 0.791. The van der Waals surface area contributed by atoms with Crippen LogP contribution in [0.5, 0.6) is 0 Å². The number of nitrogens with zero attached hydrogens (tertiary/aromatic N) is 2. The highest BCUT2D eigenvalue weighted by Gasteiger charge is 2.33. The van der Waals surface area contributed by atoms with Crippen LogP contribution in [0.3, 0.4) is 0 Å². The van der Waals surface area contributed by atoms with Gasteiger partial charge in [-0.3, -0.25) is 9.80 Å². The van der Waals surface area contributed by atoms with Crippen molar-refractivity contribution in [3.05, 3.63) is 0 Å². The van der Waals surface area contributed by atoms with Gasteiger partial charge in [0.15, 0.2) is 0 Å². The first-order valence-corrected chi connectivity index (χ1v) is 6.58. The fourth-order valence-electron chi connectivity index (χ4n) is 2.83. The second-order valence-corrected chi connectivity index (χ2v) is 6.09. The summed E-state index contributed by atoms with van der Waals surface area (Å²) in [5.74, 6) is 0. The molecule has 1 heterocycles. The average Bonchev–Trinajstić information content (AvgIpc) is 2.17. The molecule has 0 aromatic rings. The van der Waals surface area contributed by atoms with Crippen LogP contribution in [0.25, 0.3) is 0 Å². The Balaban J connectivity index is 2.62. The van der Waals surface area contributed by atoms with Crippen LogP contribution in [0.4, 0.5) is 0 Å². The van der Waals surface area contributed by atoms with Gasteiger partial charge >= 0.3 is 0 Å². The number of hydrogen-bond acceptors (Lipinski definition) is 3. The number of piperazine rings is 1. The maximum absolute atomic E-state index is 5.95. The van der Waals surface area contributed by atoms with Crippen molar-refractivity contribution in [2.75, 3.05) is 32.7 Å². The Hall–Kier alpha value is -0.120. The molecule has 0 aromatic carbocycles. The van der Waals surface area contributed by atoms with Gasteiger partial charge in [0, 0.05) is 38.3 Å². The van der Waals surface area contributed by atoms with Gasteiger partial charge in [0.1, 0.15) is 0 Å². The lowest BCUT2D eigenvalue weighted by Crippen LogP contribution is -2.59. The zero-order chi connectivity index (χ0) is 12.3. The third-order valence-corrected chi connectivity index (χ3v) is 3.87. The molecule has 0 aromatic heterocycles. The Morgan fingerprint density at radius 2 is 1.94 bits per heavy atom. The van der Waals surface area contributed by atoms with Gasteiger partial charge in [0.05, 0.1) is 0 Å². The summed E-state index contributed by atoms with van der Waals surface area (Å²) in [5.41, 5.74) is 6.23. The van der Waals surface area contributed by atoms with Gasteiger partial charge in [-0.2, -0.15) is 0 Å². The lowest BCUT2D eigenvalue weighted by Gasteiger charge is -2.46. The standard InChI is InChI=1S/C13H29N3/c1-6-15-7-8-16(10-11(15)2)12(9-14)13(3,4)5/h11-12H,6-10,14H2,1-5H3. The van der Waals surface area contributed by atoms with E-state index in [9.17, 15) is 0 Å². The highest BCUT2D eigenvalue weighted by atomic mass is 15.3. The summed E-state index contributed by atoms with van der Waals surface area (Å²) >= 11 is 0. The predicted octanol–water partition coefficient (Wildman–Crippen LogP) is 1.39. The first-order valence-electron chi connectivity index (χ1n) is 6.58. The highest BCUT2D eigenvalue weighted by molar-refractivity contribution is 4.89. The Labute approximate surface area is 101 Å². The molecule has 1 rings (SSSR count). The van der Waals surface area contributed by atoms with Crippen molar-refractivity contribution in [3.63, 3.8) is 0 Å². The lowest BCUT2D eigenvalue weighted by atomic mass is 9.85. The maximum Gasteiger partial charge on any atom is 0.0268 e. The molecule has 1 saturated heterocycles. The molecule has 2 N–H and O–H groups in total. The van der Waals surface area contributed by atoms with Crippen molar-refractivity contribution < 1.29 is 0 Å². The second kappa shape index (κ2) is 5.48. The van der Waals surface area contributed by atoms with Crippen molar-refractivity contribution in [3.8, 4) is 0 Å². The summed E-state index contributed by atoms with van der Waals surface area (Å²) in [4.78, 5) is 5.13. The van der Waals surface area contributed by atoms with Crippen LogP contribution in [-0.2, 0) is 0 Å². The van der Waals surface area contributed by atoms with Crippen molar-refractivity contribution in [2.24, 2.45) is 11.1 Å². The van der Waals surface area contributed by atoms with Crippen molar-refractivity contribution in [1.29, 1.82) is 0 Å². The molecule has 0 radical (unpaired) electrons. The first-order chi connectivity index (χ1) is 7.40. The molecule has 96 valence electrons. The summed E-state index contributed by atoms with van der Waals surface area (Å²) in [7, 11) is 0. The molecule has 0 bridgehead atoms. The molecule has 1 aliphatic rings. The van der Waals surface area contributed by atoms with E-state index in [1.54, 1.807) is 0 Å². The SMILES string of the molecule is CCN1CCN(C(CN)C(C)(C)C)CC1C. The van der Waals surface area contributed by atoms with Crippen molar-refractivity contribution in [1.82, 2.24) is 9.80 Å². The smallest absolute Gasteiger partial charge is 0.0268 e. The lowest BCUT2D eigenvalue weighted by molar-refractivity contribution is 0.0237. The summed E-state index contributed by atoms with van der Waals surface area (Å²) in [6.45, 7) is 16.9. The summed E-state index contributed by atoms with van der Waals surface area (Å²) in [6.07, 6.45) is 0. The summed E-state index contributed by atoms with van der Waals surface area (Å²) < 4.78 is 0. The highest BCUT2D eigenvalue weighted by Crippen LogP contribution is 2.25. The molecular weight excluding hydrogens is 198 g/mol. The molecule has 0 spiro atoms. The van der Waals surface area contributed by atoms with E-state index in [1.807, 2.05) is 0 Å². The van der Waals surface area contributed by atoms with Gasteiger partial charge in [-0.1, -0.05) is 27.7 Å². The normalized spacial score (nSPS) is 27.0. The molecule has 3 heteroatoms. The van der Waals surface area contributed by atoms with Crippen LogP contribution in [0, 0.1) is 5.41 Å². The number of rotatable bonds is 3. The fourth-order valence-corrected chi connectivity index (χ4v) is 2.83. The van der Waals surface area contributed by atoms with E-state index in [1.165, 1.54) is 6.54 Å². The van der Waals surface area contributed by atoms with Crippen LogP contribution in [0.1, 0.15) is 34.6 Å². The molecule has 1 fully saturated rings. The third kappa shape index (κ3) is 3.19. The van der Waals surface area contributed by atoms with E-state index in [0.29, 0.717) is 12.1 Å². The Morgan fingerprint density at radius 1 is 1.31 bits per heavy atom. The Kier molecular flexibility index (Phi) is 4.77. The zero-order valence-corrected chi connectivity index (χ0v) is 11.7. The van der Waals surface area contributed by atoms with Crippen LogP contribution >= 0.6 is 0 Å². The molecule has 1 aliphatic heterocycles. The molecule has 0 aliphatic carbocycles. The van der Waals surface area contributed by atoms with Crippen LogP contribution in [-0.4, -0.2) is 54.6 Å². The monoisotopic (exact) mass is 227 g/mol. The largest absolute Gasteiger partial charge is 0.329 e. The van der Waals surface area contributed by atoms with Gasteiger partial charge in [0.25, 0.3) is 0 Å². The molecule has 0 saturated carbocycles. The fraction of sp³-hybridized carbons (Fsp3) is 1.00. The minimum absolute atomic E-state index is 0.281. The molecule has 2 unspecified atom stereocenters. The zero-order valence-electron chi connectivity index (χ0n) is 11.7. The number of nitrogens with two attached hydrogens (primary N) is 1. The Morgan fingerprint density at radius 3 is 2.31 bits per heavy atom. The topological polar surface area (TPSA) is 32.5 Å². The Bertz CT molecular complexity index is 210. The van der Waals surface area contributed by atoms with Crippen molar-refractivity contribution in [2.45, 2.75) is 46.7 Å². The third-order valence-electron chi connectivity index (χ3n) is 3.87. The number of likely N-dealkylation sites (N-methyl/N-ethyl adjacent to an activating group) is 1. The minimum Gasteiger partial charge on any atom is -0.329 e. The van der Waals surface area contributed by atoms with Gasteiger partial charge in [-0.25, -0.2) is 0 Å². The van der Waals surface area contributed by atoms with E-state index in [4.69, 9.17) is 5.73 Å². The maximum atomic E-state index is 5.95. The minimum atomic E-state index is 0.281. The first kappa shape index (κ1) is 13.9. The summed E-state index contributed by atoms with van der Waals surface area (Å²) in [5, 5.41) is 0. The van der Waals surface area contributed by atoms with Crippen molar-refractivity contribution >= 4 is 0 Å². The summed E-state index contributed by atoms with van der Waals surface area (Å²) in [6, 6.07) is 1.17. The molecular formula is C13H29N3. The number of hydrogen-bond donors (Lipinski definition) is 1. The van der Waals surface area contributed by atoms with E-state index in [2.05, 4.69) is 44.4 Å². The molecule has 16 heavy (non-hydrogen) atoms. The van der Waals surface area contributed by atoms with Gasteiger partial charge in [-0.05, 0) is 18.9 Å².